The van der Waals surface area contributed by atoms with Crippen LogP contribution in [-0.4, -0.2) is 0 Å². The van der Waals surface area contributed by atoms with Crippen LogP contribution in [0.4, 0.5) is 0 Å². The normalized spacial score (nSPS) is 11.0. The van der Waals surface area contributed by atoms with Gasteiger partial charge in [0.05, 0.1) is 10.3 Å². The maximum absolute atomic E-state index is 12.3. The lowest BCUT2D eigenvalue weighted by atomic mass is 10.0. The van der Waals surface area contributed by atoms with Crippen LogP contribution >= 0.6 is 22.7 Å². The smallest absolute Gasteiger partial charge is 0.344 e. The Morgan fingerprint density at radius 3 is 2.10 bits per heavy atom. The van der Waals surface area contributed by atoms with Crippen molar-refractivity contribution in [2.45, 2.75) is 0 Å². The molecule has 0 unspecified atom stereocenters. The Morgan fingerprint density at radius 2 is 1.43 bits per heavy atom. The molecule has 3 aromatic heterocycles. The minimum atomic E-state index is -0.283. The number of hydrogen-bond acceptors (Lipinski definition) is 4. The zero-order valence-corrected chi connectivity index (χ0v) is 12.5. The molecular formula is C17H10O2S2. The molecule has 0 spiro atoms. The first-order chi connectivity index (χ1) is 10.3. The Hall–Kier alpha value is -2.17. The van der Waals surface area contributed by atoms with E-state index in [0.717, 1.165) is 20.7 Å². The highest BCUT2D eigenvalue weighted by molar-refractivity contribution is 7.14. The van der Waals surface area contributed by atoms with Crippen molar-refractivity contribution in [3.05, 3.63) is 69.7 Å². The molecule has 0 aliphatic heterocycles. The van der Waals surface area contributed by atoms with E-state index in [2.05, 4.69) is 6.07 Å². The minimum absolute atomic E-state index is 0.283. The number of benzene rings is 1. The molecule has 4 rings (SSSR count). The molecule has 0 aliphatic carbocycles. The first-order valence-corrected chi connectivity index (χ1v) is 8.24. The largest absolute Gasteiger partial charge is 0.421 e. The second-order valence-electron chi connectivity index (χ2n) is 4.59. The zero-order chi connectivity index (χ0) is 14.2. The van der Waals surface area contributed by atoms with E-state index < -0.39 is 0 Å². The highest BCUT2D eigenvalue weighted by Crippen LogP contribution is 2.40. The standard InChI is InChI=1S/C17H10O2S2/c18-17-12-6-2-1-5-11(12)15(13-7-3-9-20-13)16(19-17)14-8-4-10-21-14/h1-10H. The van der Waals surface area contributed by atoms with E-state index in [9.17, 15) is 4.79 Å². The van der Waals surface area contributed by atoms with Gasteiger partial charge in [0.15, 0.2) is 5.76 Å². The van der Waals surface area contributed by atoms with Crippen LogP contribution in [0.2, 0.25) is 0 Å². The Balaban J connectivity index is 2.19. The Bertz CT molecular complexity index is 948. The highest BCUT2D eigenvalue weighted by Gasteiger charge is 2.18. The summed E-state index contributed by atoms with van der Waals surface area (Å²) in [6, 6.07) is 15.6. The molecule has 0 saturated heterocycles. The summed E-state index contributed by atoms with van der Waals surface area (Å²) in [4.78, 5) is 14.3. The second kappa shape index (κ2) is 4.98. The summed E-state index contributed by atoms with van der Waals surface area (Å²) in [5.41, 5.74) is 0.719. The van der Waals surface area contributed by atoms with E-state index >= 15 is 0 Å². The van der Waals surface area contributed by atoms with E-state index in [1.54, 1.807) is 22.7 Å². The van der Waals surface area contributed by atoms with Crippen molar-refractivity contribution in [1.82, 2.24) is 0 Å². The Labute approximate surface area is 128 Å². The SMILES string of the molecule is O=c1oc(-c2cccs2)c(-c2cccs2)c2ccccc12. The van der Waals surface area contributed by atoms with E-state index in [1.807, 2.05) is 53.2 Å². The fourth-order valence-electron chi connectivity index (χ4n) is 2.45. The van der Waals surface area contributed by atoms with Gasteiger partial charge >= 0.3 is 5.63 Å². The predicted octanol–water partition coefficient (Wildman–Crippen LogP) is 5.25. The highest BCUT2D eigenvalue weighted by atomic mass is 32.1. The van der Waals surface area contributed by atoms with Gasteiger partial charge in [-0.25, -0.2) is 4.79 Å². The molecule has 0 N–H and O–H groups in total. The van der Waals surface area contributed by atoms with Crippen molar-refractivity contribution in [1.29, 1.82) is 0 Å². The molecule has 0 bridgehead atoms. The molecule has 102 valence electrons. The molecule has 4 aromatic rings. The van der Waals surface area contributed by atoms with Crippen LogP contribution in [0.3, 0.4) is 0 Å². The molecule has 1 aromatic carbocycles. The molecule has 3 heterocycles. The van der Waals surface area contributed by atoms with Gasteiger partial charge in [0.25, 0.3) is 0 Å². The summed E-state index contributed by atoms with van der Waals surface area (Å²) in [7, 11) is 0. The molecule has 21 heavy (non-hydrogen) atoms. The number of fused-ring (bicyclic) bond motifs is 1. The lowest BCUT2D eigenvalue weighted by Gasteiger charge is -2.08. The minimum Gasteiger partial charge on any atom is -0.421 e. The van der Waals surface area contributed by atoms with E-state index in [4.69, 9.17) is 4.42 Å². The first kappa shape index (κ1) is 12.6. The average molecular weight is 310 g/mol. The summed E-state index contributed by atoms with van der Waals surface area (Å²) in [6.07, 6.45) is 0. The molecule has 0 fully saturated rings. The first-order valence-electron chi connectivity index (χ1n) is 6.48. The van der Waals surface area contributed by atoms with Crippen molar-refractivity contribution in [2.75, 3.05) is 0 Å². The average Bonchev–Trinajstić information content (AvgIpc) is 3.21. The van der Waals surface area contributed by atoms with Gasteiger partial charge in [0, 0.05) is 15.8 Å². The molecule has 0 radical (unpaired) electrons. The third-order valence-corrected chi connectivity index (χ3v) is 5.11. The molecular weight excluding hydrogens is 300 g/mol. The molecule has 2 nitrogen and oxygen atoms in total. The fourth-order valence-corrected chi connectivity index (χ4v) is 3.94. The summed E-state index contributed by atoms with van der Waals surface area (Å²) in [6.45, 7) is 0. The number of rotatable bonds is 2. The Morgan fingerprint density at radius 1 is 0.762 bits per heavy atom. The quantitative estimate of drug-likeness (QED) is 0.506. The monoisotopic (exact) mass is 310 g/mol. The molecule has 0 saturated carbocycles. The van der Waals surface area contributed by atoms with E-state index in [1.165, 1.54) is 0 Å². The van der Waals surface area contributed by atoms with Gasteiger partial charge in [-0.2, -0.15) is 0 Å². The van der Waals surface area contributed by atoms with Gasteiger partial charge < -0.3 is 4.42 Å². The summed E-state index contributed by atoms with van der Waals surface area (Å²) in [5, 5.41) is 5.59. The van der Waals surface area contributed by atoms with Crippen molar-refractivity contribution in [2.24, 2.45) is 0 Å². The lowest BCUT2D eigenvalue weighted by Crippen LogP contribution is -2.01. The van der Waals surface area contributed by atoms with Crippen molar-refractivity contribution >= 4 is 33.4 Å². The van der Waals surface area contributed by atoms with Gasteiger partial charge in [0.2, 0.25) is 0 Å². The topological polar surface area (TPSA) is 30.2 Å². The molecule has 4 heteroatoms. The fraction of sp³-hybridized carbons (Fsp3) is 0. The van der Waals surface area contributed by atoms with Crippen molar-refractivity contribution in [3.8, 4) is 21.1 Å². The van der Waals surface area contributed by atoms with Gasteiger partial charge in [-0.15, -0.1) is 22.7 Å². The van der Waals surface area contributed by atoms with E-state index in [0.29, 0.717) is 11.1 Å². The molecule has 0 aliphatic rings. The number of hydrogen-bond donors (Lipinski definition) is 0. The third-order valence-electron chi connectivity index (χ3n) is 3.35. The summed E-state index contributed by atoms with van der Waals surface area (Å²) in [5.74, 6) is 0.663. The number of thiophene rings is 2. The van der Waals surface area contributed by atoms with Crippen LogP contribution in [0.1, 0.15) is 0 Å². The predicted molar refractivity (Wildman–Crippen MR) is 89.1 cm³/mol. The van der Waals surface area contributed by atoms with Crippen LogP contribution in [0.25, 0.3) is 31.9 Å². The zero-order valence-electron chi connectivity index (χ0n) is 10.9. The van der Waals surface area contributed by atoms with Crippen LogP contribution < -0.4 is 5.63 Å². The van der Waals surface area contributed by atoms with Crippen LogP contribution in [0.5, 0.6) is 0 Å². The van der Waals surface area contributed by atoms with Gasteiger partial charge in [0.1, 0.15) is 0 Å². The molecule has 0 amide bonds. The van der Waals surface area contributed by atoms with Gasteiger partial charge in [-0.3, -0.25) is 0 Å². The maximum atomic E-state index is 12.3. The maximum Gasteiger partial charge on any atom is 0.344 e. The summed E-state index contributed by atoms with van der Waals surface area (Å²) >= 11 is 3.23. The summed E-state index contributed by atoms with van der Waals surface area (Å²) < 4.78 is 5.65. The Kier molecular flexibility index (Phi) is 2.98. The van der Waals surface area contributed by atoms with Crippen LogP contribution in [0.15, 0.2) is 68.5 Å². The molecule has 0 atom stereocenters. The van der Waals surface area contributed by atoms with Crippen LogP contribution in [0, 0.1) is 0 Å². The van der Waals surface area contributed by atoms with Crippen molar-refractivity contribution in [3.63, 3.8) is 0 Å². The lowest BCUT2D eigenvalue weighted by molar-refractivity contribution is 0.537. The van der Waals surface area contributed by atoms with Gasteiger partial charge in [-0.05, 0) is 29.0 Å². The third kappa shape index (κ3) is 2.04. The van der Waals surface area contributed by atoms with Crippen LogP contribution in [-0.2, 0) is 0 Å². The van der Waals surface area contributed by atoms with E-state index in [-0.39, 0.29) is 5.63 Å². The van der Waals surface area contributed by atoms with Crippen molar-refractivity contribution < 1.29 is 4.42 Å². The second-order valence-corrected chi connectivity index (χ2v) is 6.49. The van der Waals surface area contributed by atoms with Gasteiger partial charge in [-0.1, -0.05) is 30.3 Å².